The average molecular weight is 382 g/mol. The molecule has 0 aliphatic heterocycles. The summed E-state index contributed by atoms with van der Waals surface area (Å²) in [6, 6.07) is 8.60. The van der Waals surface area contributed by atoms with Crippen LogP contribution in [-0.2, 0) is 0 Å². The van der Waals surface area contributed by atoms with E-state index in [2.05, 4.69) is 5.16 Å². The van der Waals surface area contributed by atoms with Crippen LogP contribution >= 0.6 is 0 Å². The number of hydrogen-bond acceptors (Lipinski definition) is 4. The number of nitrogens with zero attached hydrogens (tertiary/aromatic N) is 2. The molecule has 28 heavy (non-hydrogen) atoms. The Bertz CT molecular complexity index is 1240. The van der Waals surface area contributed by atoms with E-state index in [-0.39, 0.29) is 11.5 Å². The zero-order chi connectivity index (χ0) is 20.2. The molecule has 0 atom stereocenters. The standard InChI is InChI=1S/C20H16F2N4O2/c1-9-17(10(2)28-25-9)19-18(20(23)24)11-5-3-4-6-14(11)26(19)15-7-13(22)16(27)8-12(15)21/h3-8,27H,1-2H3,(H3,23,24). The summed E-state index contributed by atoms with van der Waals surface area (Å²) in [5, 5.41) is 22.2. The maximum atomic E-state index is 14.8. The van der Waals surface area contributed by atoms with Gasteiger partial charge >= 0.3 is 0 Å². The van der Waals surface area contributed by atoms with E-state index in [1.807, 2.05) is 0 Å². The molecule has 2 heterocycles. The number of nitrogen functional groups attached to an aromatic ring is 1. The van der Waals surface area contributed by atoms with Crippen molar-refractivity contribution in [2.75, 3.05) is 0 Å². The number of fused-ring (bicyclic) bond motifs is 1. The number of aryl methyl sites for hydroxylation is 2. The van der Waals surface area contributed by atoms with Gasteiger partial charge in [-0.15, -0.1) is 0 Å². The molecule has 0 saturated heterocycles. The second-order valence-electron chi connectivity index (χ2n) is 6.44. The van der Waals surface area contributed by atoms with Crippen LogP contribution in [0.5, 0.6) is 5.75 Å². The Balaban J connectivity index is 2.25. The third-order valence-corrected chi connectivity index (χ3v) is 4.67. The van der Waals surface area contributed by atoms with Gasteiger partial charge in [0, 0.05) is 17.5 Å². The number of aromatic hydroxyl groups is 1. The minimum Gasteiger partial charge on any atom is -0.505 e. The second kappa shape index (κ2) is 6.19. The summed E-state index contributed by atoms with van der Waals surface area (Å²) in [6.07, 6.45) is 0. The second-order valence-corrected chi connectivity index (χ2v) is 6.44. The van der Waals surface area contributed by atoms with Crippen LogP contribution in [0.1, 0.15) is 17.0 Å². The van der Waals surface area contributed by atoms with Crippen molar-refractivity contribution < 1.29 is 18.4 Å². The van der Waals surface area contributed by atoms with E-state index >= 15 is 0 Å². The van der Waals surface area contributed by atoms with Gasteiger partial charge in [0.15, 0.2) is 17.4 Å². The van der Waals surface area contributed by atoms with Crippen LogP contribution in [0.25, 0.3) is 27.8 Å². The molecule has 4 rings (SSSR count). The molecule has 0 aliphatic carbocycles. The van der Waals surface area contributed by atoms with Crippen molar-refractivity contribution in [2.24, 2.45) is 5.73 Å². The lowest BCUT2D eigenvalue weighted by Gasteiger charge is -2.14. The predicted octanol–water partition coefficient (Wildman–Crippen LogP) is 4.17. The van der Waals surface area contributed by atoms with E-state index < -0.39 is 17.4 Å². The normalized spacial score (nSPS) is 11.3. The molecule has 2 aromatic carbocycles. The number of amidine groups is 1. The first-order chi connectivity index (χ1) is 13.3. The first kappa shape index (κ1) is 17.7. The number of phenols is 1. The van der Waals surface area contributed by atoms with Gasteiger partial charge in [-0.1, -0.05) is 23.4 Å². The van der Waals surface area contributed by atoms with Crippen molar-refractivity contribution in [2.45, 2.75) is 13.8 Å². The van der Waals surface area contributed by atoms with Crippen molar-refractivity contribution in [3.05, 3.63) is 65.1 Å². The third-order valence-electron chi connectivity index (χ3n) is 4.67. The number of phenolic OH excluding ortho intramolecular Hbond substituents is 1. The van der Waals surface area contributed by atoms with Crippen LogP contribution in [0.4, 0.5) is 8.78 Å². The highest BCUT2D eigenvalue weighted by atomic mass is 19.1. The van der Waals surface area contributed by atoms with Crippen LogP contribution in [0.2, 0.25) is 0 Å². The fourth-order valence-corrected chi connectivity index (χ4v) is 3.52. The number of para-hydroxylation sites is 1. The van der Waals surface area contributed by atoms with Crippen molar-refractivity contribution in [1.29, 1.82) is 5.41 Å². The Morgan fingerprint density at radius 2 is 1.89 bits per heavy atom. The van der Waals surface area contributed by atoms with Gasteiger partial charge in [-0.05, 0) is 19.9 Å². The summed E-state index contributed by atoms with van der Waals surface area (Å²) in [6.45, 7) is 3.40. The Labute approximate surface area is 158 Å². The summed E-state index contributed by atoms with van der Waals surface area (Å²) >= 11 is 0. The van der Waals surface area contributed by atoms with E-state index in [0.29, 0.717) is 45.2 Å². The van der Waals surface area contributed by atoms with Gasteiger partial charge < -0.3 is 19.9 Å². The monoisotopic (exact) mass is 382 g/mol. The first-order valence-electron chi connectivity index (χ1n) is 8.40. The maximum Gasteiger partial charge on any atom is 0.167 e. The van der Waals surface area contributed by atoms with Crippen LogP contribution in [0.3, 0.4) is 0 Å². The molecule has 6 nitrogen and oxygen atoms in total. The zero-order valence-electron chi connectivity index (χ0n) is 15.0. The molecule has 0 radical (unpaired) electrons. The highest BCUT2D eigenvalue weighted by molar-refractivity contribution is 6.14. The summed E-state index contributed by atoms with van der Waals surface area (Å²) in [7, 11) is 0. The van der Waals surface area contributed by atoms with Crippen molar-refractivity contribution >= 4 is 16.7 Å². The first-order valence-corrected chi connectivity index (χ1v) is 8.40. The van der Waals surface area contributed by atoms with Gasteiger partial charge in [-0.3, -0.25) is 5.41 Å². The fraction of sp³-hybridized carbons (Fsp3) is 0.100. The number of aromatic nitrogens is 2. The Hall–Kier alpha value is -3.68. The lowest BCUT2D eigenvalue weighted by Crippen LogP contribution is -2.13. The summed E-state index contributed by atoms with van der Waals surface area (Å²) in [4.78, 5) is 0. The lowest BCUT2D eigenvalue weighted by molar-refractivity contribution is 0.393. The van der Waals surface area contributed by atoms with E-state index in [4.69, 9.17) is 15.7 Å². The number of hydrogen-bond donors (Lipinski definition) is 3. The number of nitrogens with two attached hydrogens (primary N) is 1. The zero-order valence-corrected chi connectivity index (χ0v) is 15.0. The van der Waals surface area contributed by atoms with Gasteiger partial charge in [0.05, 0.1) is 33.7 Å². The number of halogens is 2. The van der Waals surface area contributed by atoms with Crippen LogP contribution in [0.15, 0.2) is 40.9 Å². The molecule has 142 valence electrons. The molecule has 0 fully saturated rings. The maximum absolute atomic E-state index is 14.8. The van der Waals surface area contributed by atoms with Crippen LogP contribution in [-0.4, -0.2) is 20.7 Å². The highest BCUT2D eigenvalue weighted by Gasteiger charge is 2.27. The smallest absolute Gasteiger partial charge is 0.167 e. The summed E-state index contributed by atoms with van der Waals surface area (Å²) in [5.41, 5.74) is 8.05. The van der Waals surface area contributed by atoms with Gasteiger partial charge in [-0.2, -0.15) is 0 Å². The quantitative estimate of drug-likeness (QED) is 0.366. The predicted molar refractivity (Wildman–Crippen MR) is 101 cm³/mol. The molecule has 0 bridgehead atoms. The Morgan fingerprint density at radius 1 is 1.18 bits per heavy atom. The molecule has 0 saturated carbocycles. The Kier molecular flexibility index (Phi) is 3.92. The van der Waals surface area contributed by atoms with Crippen molar-refractivity contribution in [3.63, 3.8) is 0 Å². The molecule has 4 aromatic rings. The molecular weight excluding hydrogens is 366 g/mol. The summed E-state index contributed by atoms with van der Waals surface area (Å²) < 4.78 is 35.7. The van der Waals surface area contributed by atoms with Crippen LogP contribution < -0.4 is 5.73 Å². The highest BCUT2D eigenvalue weighted by Crippen LogP contribution is 2.40. The topological polar surface area (TPSA) is 101 Å². The van der Waals surface area contributed by atoms with Gasteiger partial charge in [0.2, 0.25) is 0 Å². The lowest BCUT2D eigenvalue weighted by atomic mass is 10.0. The van der Waals surface area contributed by atoms with Crippen molar-refractivity contribution in [1.82, 2.24) is 9.72 Å². The average Bonchev–Trinajstić information content (AvgIpc) is 3.14. The molecule has 4 N–H and O–H groups in total. The van der Waals surface area contributed by atoms with E-state index in [1.165, 1.54) is 4.57 Å². The molecule has 0 spiro atoms. The number of nitrogens with one attached hydrogen (secondary N) is 1. The Morgan fingerprint density at radius 3 is 2.54 bits per heavy atom. The molecule has 0 aliphatic rings. The van der Waals surface area contributed by atoms with Gasteiger partial charge in [0.1, 0.15) is 11.6 Å². The van der Waals surface area contributed by atoms with Crippen molar-refractivity contribution in [3.8, 4) is 22.7 Å². The number of benzene rings is 2. The summed E-state index contributed by atoms with van der Waals surface area (Å²) in [5.74, 6) is -2.37. The van der Waals surface area contributed by atoms with E-state index in [9.17, 15) is 13.9 Å². The molecule has 8 heteroatoms. The van der Waals surface area contributed by atoms with Gasteiger partial charge in [0.25, 0.3) is 0 Å². The SMILES string of the molecule is Cc1noc(C)c1-c1c(C(=N)N)c2ccccc2n1-c1cc(F)c(O)cc1F. The molecular formula is C20H16F2N4O2. The molecule has 0 unspecified atom stereocenters. The van der Waals surface area contributed by atoms with Crippen LogP contribution in [0, 0.1) is 30.9 Å². The third kappa shape index (κ3) is 2.45. The molecule has 2 aromatic heterocycles. The largest absolute Gasteiger partial charge is 0.505 e. The number of rotatable bonds is 3. The van der Waals surface area contributed by atoms with Gasteiger partial charge in [-0.25, -0.2) is 8.78 Å². The molecule has 0 amide bonds. The fourth-order valence-electron chi connectivity index (χ4n) is 3.52. The van der Waals surface area contributed by atoms with E-state index in [1.54, 1.807) is 38.1 Å². The minimum atomic E-state index is -0.969. The minimum absolute atomic E-state index is 0.131. The van der Waals surface area contributed by atoms with E-state index in [0.717, 1.165) is 6.07 Å².